The van der Waals surface area contributed by atoms with Crippen molar-refractivity contribution in [2.75, 3.05) is 6.54 Å². The average molecular weight is 291 g/mol. The van der Waals surface area contributed by atoms with Gasteiger partial charge in [0.05, 0.1) is 10.5 Å². The van der Waals surface area contributed by atoms with E-state index in [4.69, 9.17) is 5.73 Å². The van der Waals surface area contributed by atoms with E-state index in [-0.39, 0.29) is 17.1 Å². The Balaban J connectivity index is 2.14. The van der Waals surface area contributed by atoms with Gasteiger partial charge in [0.2, 0.25) is 0 Å². The fraction of sp³-hybridized carbons (Fsp3) is 0.533. The van der Waals surface area contributed by atoms with Crippen molar-refractivity contribution in [1.82, 2.24) is 5.32 Å². The molecule has 6 nitrogen and oxygen atoms in total. The van der Waals surface area contributed by atoms with Crippen molar-refractivity contribution >= 4 is 11.6 Å². The lowest BCUT2D eigenvalue weighted by atomic mass is 9.73. The predicted molar refractivity (Wildman–Crippen MR) is 80.0 cm³/mol. The predicted octanol–water partition coefficient (Wildman–Crippen LogP) is 2.23. The van der Waals surface area contributed by atoms with E-state index in [9.17, 15) is 14.9 Å². The van der Waals surface area contributed by atoms with Crippen LogP contribution in [-0.2, 0) is 0 Å². The summed E-state index contributed by atoms with van der Waals surface area (Å²) in [5, 5.41) is 13.7. The van der Waals surface area contributed by atoms with Gasteiger partial charge in [0.25, 0.3) is 11.6 Å². The summed E-state index contributed by atoms with van der Waals surface area (Å²) in [6.07, 6.45) is 4.15. The Kier molecular flexibility index (Phi) is 4.57. The lowest BCUT2D eigenvalue weighted by Crippen LogP contribution is -2.59. The van der Waals surface area contributed by atoms with E-state index in [2.05, 4.69) is 12.2 Å². The van der Waals surface area contributed by atoms with Gasteiger partial charge in [-0.05, 0) is 30.9 Å². The van der Waals surface area contributed by atoms with Crippen molar-refractivity contribution in [1.29, 1.82) is 0 Å². The Labute approximate surface area is 123 Å². The molecule has 0 heterocycles. The Morgan fingerprint density at radius 3 is 2.62 bits per heavy atom. The zero-order valence-electron chi connectivity index (χ0n) is 12.2. The minimum absolute atomic E-state index is 0.0221. The number of nitrogens with two attached hydrogens (primary N) is 1. The number of nitrogens with zero attached hydrogens (tertiary/aromatic N) is 1. The molecular weight excluding hydrogens is 270 g/mol. The number of rotatable bonds is 4. The number of nitrogens with one attached hydrogen (secondary N) is 1. The standard InChI is InChI=1S/C15H21N3O3/c1-11-4-2-3-9-15(11,10-16)17-14(19)12-5-7-13(8-6-12)18(20)21/h5-8,11H,2-4,9-10,16H2,1H3,(H,17,19). The molecular formula is C15H21N3O3. The van der Waals surface area contributed by atoms with E-state index in [1.54, 1.807) is 0 Å². The molecule has 3 N–H and O–H groups in total. The molecule has 0 aromatic heterocycles. The number of nitro groups is 1. The van der Waals surface area contributed by atoms with Gasteiger partial charge >= 0.3 is 0 Å². The lowest BCUT2D eigenvalue weighted by Gasteiger charge is -2.42. The summed E-state index contributed by atoms with van der Waals surface area (Å²) in [6, 6.07) is 5.64. The van der Waals surface area contributed by atoms with E-state index in [0.29, 0.717) is 18.0 Å². The van der Waals surface area contributed by atoms with Crippen LogP contribution in [0, 0.1) is 16.0 Å². The third kappa shape index (κ3) is 3.21. The molecule has 0 bridgehead atoms. The molecule has 6 heteroatoms. The highest BCUT2D eigenvalue weighted by molar-refractivity contribution is 5.95. The zero-order valence-corrected chi connectivity index (χ0v) is 12.2. The first-order chi connectivity index (χ1) is 9.98. The van der Waals surface area contributed by atoms with Gasteiger partial charge in [0.15, 0.2) is 0 Å². The summed E-state index contributed by atoms with van der Waals surface area (Å²) in [5.41, 5.74) is 5.95. The molecule has 1 aromatic rings. The van der Waals surface area contributed by atoms with Gasteiger partial charge in [-0.1, -0.05) is 19.8 Å². The van der Waals surface area contributed by atoms with Crippen molar-refractivity contribution in [3.8, 4) is 0 Å². The van der Waals surface area contributed by atoms with Crippen LogP contribution in [0.25, 0.3) is 0 Å². The first-order valence-corrected chi connectivity index (χ1v) is 7.25. The molecule has 0 aliphatic heterocycles. The molecule has 114 valence electrons. The van der Waals surface area contributed by atoms with Crippen LogP contribution >= 0.6 is 0 Å². The van der Waals surface area contributed by atoms with Gasteiger partial charge in [-0.15, -0.1) is 0 Å². The quantitative estimate of drug-likeness (QED) is 0.656. The highest BCUT2D eigenvalue weighted by Crippen LogP contribution is 2.33. The van der Waals surface area contributed by atoms with Crippen molar-refractivity contribution in [2.24, 2.45) is 11.7 Å². The van der Waals surface area contributed by atoms with Crippen molar-refractivity contribution < 1.29 is 9.72 Å². The second kappa shape index (κ2) is 6.22. The summed E-state index contributed by atoms with van der Waals surface area (Å²) < 4.78 is 0. The third-order valence-corrected chi connectivity index (χ3v) is 4.52. The summed E-state index contributed by atoms with van der Waals surface area (Å²) in [6.45, 7) is 2.52. The van der Waals surface area contributed by atoms with Crippen LogP contribution in [0.15, 0.2) is 24.3 Å². The second-order valence-corrected chi connectivity index (χ2v) is 5.77. The fourth-order valence-electron chi connectivity index (χ4n) is 2.99. The number of hydrogen-bond acceptors (Lipinski definition) is 4. The zero-order chi connectivity index (χ0) is 15.5. The molecule has 1 aliphatic carbocycles. The van der Waals surface area contributed by atoms with Gasteiger partial charge in [-0.2, -0.15) is 0 Å². The Morgan fingerprint density at radius 1 is 1.43 bits per heavy atom. The Morgan fingerprint density at radius 2 is 2.10 bits per heavy atom. The number of amides is 1. The van der Waals surface area contributed by atoms with Crippen LogP contribution in [-0.4, -0.2) is 22.9 Å². The van der Waals surface area contributed by atoms with Gasteiger partial charge in [-0.3, -0.25) is 14.9 Å². The highest BCUT2D eigenvalue weighted by atomic mass is 16.6. The van der Waals surface area contributed by atoms with Crippen LogP contribution in [0.5, 0.6) is 0 Å². The summed E-state index contributed by atoms with van der Waals surface area (Å²) in [7, 11) is 0. The van der Waals surface area contributed by atoms with E-state index in [1.807, 2.05) is 0 Å². The number of nitro benzene ring substituents is 1. The minimum atomic E-state index is -0.480. The summed E-state index contributed by atoms with van der Waals surface area (Å²) >= 11 is 0. The maximum atomic E-state index is 12.4. The Hall–Kier alpha value is -1.95. The first-order valence-electron chi connectivity index (χ1n) is 7.25. The molecule has 2 unspecified atom stereocenters. The normalized spacial score (nSPS) is 25.3. The van der Waals surface area contributed by atoms with Gasteiger partial charge in [0.1, 0.15) is 0 Å². The van der Waals surface area contributed by atoms with Crippen LogP contribution < -0.4 is 11.1 Å². The van der Waals surface area contributed by atoms with Gasteiger partial charge in [0, 0.05) is 24.2 Å². The van der Waals surface area contributed by atoms with Gasteiger partial charge in [-0.25, -0.2) is 0 Å². The van der Waals surface area contributed by atoms with Crippen molar-refractivity contribution in [3.05, 3.63) is 39.9 Å². The van der Waals surface area contributed by atoms with Gasteiger partial charge < -0.3 is 11.1 Å². The van der Waals surface area contributed by atoms with E-state index < -0.39 is 4.92 Å². The molecule has 2 atom stereocenters. The number of hydrogen-bond donors (Lipinski definition) is 2. The number of benzene rings is 1. The van der Waals surface area contributed by atoms with E-state index in [1.165, 1.54) is 24.3 Å². The Bertz CT molecular complexity index is 529. The maximum absolute atomic E-state index is 12.4. The topological polar surface area (TPSA) is 98.3 Å². The molecule has 1 saturated carbocycles. The minimum Gasteiger partial charge on any atom is -0.345 e. The van der Waals surface area contributed by atoms with Crippen LogP contribution in [0.4, 0.5) is 5.69 Å². The molecule has 2 rings (SSSR count). The third-order valence-electron chi connectivity index (χ3n) is 4.52. The largest absolute Gasteiger partial charge is 0.345 e. The summed E-state index contributed by atoms with van der Waals surface area (Å²) in [5.74, 6) is 0.113. The van der Waals surface area contributed by atoms with E-state index in [0.717, 1.165) is 25.7 Å². The van der Waals surface area contributed by atoms with Crippen LogP contribution in [0.2, 0.25) is 0 Å². The van der Waals surface area contributed by atoms with Crippen molar-refractivity contribution in [3.63, 3.8) is 0 Å². The van der Waals surface area contributed by atoms with E-state index >= 15 is 0 Å². The average Bonchev–Trinajstić information content (AvgIpc) is 2.49. The molecule has 1 fully saturated rings. The molecule has 0 radical (unpaired) electrons. The molecule has 0 saturated heterocycles. The van der Waals surface area contributed by atoms with Crippen LogP contribution in [0.3, 0.4) is 0 Å². The van der Waals surface area contributed by atoms with Crippen LogP contribution in [0.1, 0.15) is 43.0 Å². The maximum Gasteiger partial charge on any atom is 0.269 e. The second-order valence-electron chi connectivity index (χ2n) is 5.77. The molecule has 1 aliphatic rings. The molecule has 0 spiro atoms. The first kappa shape index (κ1) is 15.4. The SMILES string of the molecule is CC1CCCCC1(CN)NC(=O)c1ccc([N+](=O)[O-])cc1. The molecule has 1 aromatic carbocycles. The molecule has 21 heavy (non-hydrogen) atoms. The summed E-state index contributed by atoms with van der Waals surface area (Å²) in [4.78, 5) is 22.5. The smallest absolute Gasteiger partial charge is 0.269 e. The monoisotopic (exact) mass is 291 g/mol. The highest BCUT2D eigenvalue weighted by Gasteiger charge is 2.38. The molecule has 1 amide bonds. The number of carbonyl (C=O) groups is 1. The lowest BCUT2D eigenvalue weighted by molar-refractivity contribution is -0.384. The number of carbonyl (C=O) groups excluding carboxylic acids is 1. The number of non-ortho nitro benzene ring substituents is 1. The fourth-order valence-corrected chi connectivity index (χ4v) is 2.99. The van der Waals surface area contributed by atoms with Crippen molar-refractivity contribution in [2.45, 2.75) is 38.1 Å².